The molecule has 1 N–H and O–H groups in total. The van der Waals surface area contributed by atoms with Gasteiger partial charge in [0.15, 0.2) is 0 Å². The Bertz CT molecular complexity index is 268. The summed E-state index contributed by atoms with van der Waals surface area (Å²) < 4.78 is 0. The van der Waals surface area contributed by atoms with Crippen molar-refractivity contribution in [1.82, 2.24) is 4.90 Å². The third kappa shape index (κ3) is 24.2. The number of aliphatic hydroxyl groups excluding tert-OH is 1. The summed E-state index contributed by atoms with van der Waals surface area (Å²) in [5.74, 6) is 0. The van der Waals surface area contributed by atoms with Crippen LogP contribution in [0.25, 0.3) is 0 Å². The van der Waals surface area contributed by atoms with Gasteiger partial charge in [-0.05, 0) is 25.9 Å². The molecule has 0 rings (SSSR count). The molecule has 0 aliphatic carbocycles. The average molecular weight is 426 g/mol. The minimum absolute atomic E-state index is 0.316. The molecule has 2 nitrogen and oxygen atoms in total. The van der Waals surface area contributed by atoms with E-state index in [-0.39, 0.29) is 0 Å². The molecule has 0 aliphatic heterocycles. The first-order valence-electron chi connectivity index (χ1n) is 14.2. The van der Waals surface area contributed by atoms with Crippen LogP contribution in [0.15, 0.2) is 0 Å². The minimum Gasteiger partial charge on any atom is -0.395 e. The van der Waals surface area contributed by atoms with Crippen LogP contribution < -0.4 is 0 Å². The van der Waals surface area contributed by atoms with Gasteiger partial charge in [-0.15, -0.1) is 0 Å². The second kappa shape index (κ2) is 27.0. The Balaban J connectivity index is 3.40. The van der Waals surface area contributed by atoms with Crippen LogP contribution in [0.2, 0.25) is 0 Å². The summed E-state index contributed by atoms with van der Waals surface area (Å²) >= 11 is 0. The fraction of sp³-hybridized carbons (Fsp3) is 1.00. The molecule has 0 atom stereocenters. The van der Waals surface area contributed by atoms with E-state index in [0.29, 0.717) is 6.61 Å². The summed E-state index contributed by atoms with van der Waals surface area (Å²) in [5.41, 5.74) is 0. The summed E-state index contributed by atoms with van der Waals surface area (Å²) in [6, 6.07) is 0. The van der Waals surface area contributed by atoms with Crippen molar-refractivity contribution in [1.29, 1.82) is 0 Å². The molecular formula is C28H59NO. The number of hydrogen-bond donors (Lipinski definition) is 1. The van der Waals surface area contributed by atoms with E-state index in [9.17, 15) is 5.11 Å². The predicted molar refractivity (Wildman–Crippen MR) is 136 cm³/mol. The fourth-order valence-electron chi connectivity index (χ4n) is 4.48. The average Bonchev–Trinajstić information content (AvgIpc) is 2.75. The quantitative estimate of drug-likeness (QED) is 0.140. The summed E-state index contributed by atoms with van der Waals surface area (Å²) in [4.78, 5) is 2.50. The highest BCUT2D eigenvalue weighted by atomic mass is 16.3. The van der Waals surface area contributed by atoms with Gasteiger partial charge in [-0.25, -0.2) is 0 Å². The Morgan fingerprint density at radius 2 is 0.633 bits per heavy atom. The lowest BCUT2D eigenvalue weighted by molar-refractivity contribution is 0.190. The number of unbranched alkanes of at least 4 members (excludes halogenated alkanes) is 20. The van der Waals surface area contributed by atoms with Gasteiger partial charge in [-0.1, -0.05) is 142 Å². The summed E-state index contributed by atoms with van der Waals surface area (Å²) in [7, 11) is 0. The van der Waals surface area contributed by atoms with Crippen molar-refractivity contribution >= 4 is 0 Å². The molecular weight excluding hydrogens is 366 g/mol. The number of hydrogen-bond acceptors (Lipinski definition) is 2. The van der Waals surface area contributed by atoms with Gasteiger partial charge < -0.3 is 10.0 Å². The normalized spacial score (nSPS) is 11.6. The maximum Gasteiger partial charge on any atom is 0.0558 e. The molecule has 2 heteroatoms. The van der Waals surface area contributed by atoms with E-state index in [1.807, 2.05) is 0 Å². The van der Waals surface area contributed by atoms with Crippen LogP contribution in [0.1, 0.15) is 155 Å². The monoisotopic (exact) mass is 425 g/mol. The molecule has 0 saturated heterocycles. The highest BCUT2D eigenvalue weighted by Crippen LogP contribution is 2.13. The molecule has 0 radical (unpaired) electrons. The highest BCUT2D eigenvalue weighted by Gasteiger charge is 2.04. The molecule has 0 fully saturated rings. The molecule has 0 aromatic heterocycles. The topological polar surface area (TPSA) is 23.5 Å². The van der Waals surface area contributed by atoms with Gasteiger partial charge in [-0.2, -0.15) is 0 Å². The Kier molecular flexibility index (Phi) is 26.9. The lowest BCUT2D eigenvalue weighted by Crippen LogP contribution is -2.29. The molecule has 0 aliphatic rings. The third-order valence-electron chi connectivity index (χ3n) is 6.57. The van der Waals surface area contributed by atoms with Gasteiger partial charge in [0.05, 0.1) is 6.61 Å². The summed E-state index contributed by atoms with van der Waals surface area (Å²) in [5, 5.41) is 9.35. The SMILES string of the molecule is CCCCCCCCCCCCCN(CCO)CCCCCCCCCCCCC. The van der Waals surface area contributed by atoms with E-state index in [4.69, 9.17) is 0 Å². The van der Waals surface area contributed by atoms with E-state index >= 15 is 0 Å². The maximum atomic E-state index is 9.35. The molecule has 30 heavy (non-hydrogen) atoms. The van der Waals surface area contributed by atoms with E-state index < -0.39 is 0 Å². The van der Waals surface area contributed by atoms with Crippen LogP contribution >= 0.6 is 0 Å². The van der Waals surface area contributed by atoms with Gasteiger partial charge in [0, 0.05) is 6.54 Å². The van der Waals surface area contributed by atoms with Gasteiger partial charge in [-0.3, -0.25) is 0 Å². The van der Waals surface area contributed by atoms with Crippen LogP contribution in [0.5, 0.6) is 0 Å². The van der Waals surface area contributed by atoms with Crippen molar-refractivity contribution in [3.05, 3.63) is 0 Å². The van der Waals surface area contributed by atoms with Crippen molar-refractivity contribution in [3.63, 3.8) is 0 Å². The molecule has 0 aromatic carbocycles. The largest absolute Gasteiger partial charge is 0.395 e. The van der Waals surface area contributed by atoms with Crippen LogP contribution in [0, 0.1) is 0 Å². The molecule has 0 heterocycles. The van der Waals surface area contributed by atoms with Crippen molar-refractivity contribution in [2.24, 2.45) is 0 Å². The van der Waals surface area contributed by atoms with Crippen LogP contribution in [0.4, 0.5) is 0 Å². The Hall–Kier alpha value is -0.0800. The molecule has 0 unspecified atom stereocenters. The van der Waals surface area contributed by atoms with E-state index in [0.717, 1.165) is 6.54 Å². The predicted octanol–water partition coefficient (Wildman–Crippen LogP) is 8.90. The molecule has 0 aromatic rings. The van der Waals surface area contributed by atoms with Crippen molar-refractivity contribution in [3.8, 4) is 0 Å². The first-order chi connectivity index (χ1) is 14.8. The zero-order valence-corrected chi connectivity index (χ0v) is 21.3. The first-order valence-corrected chi connectivity index (χ1v) is 14.2. The molecule has 182 valence electrons. The van der Waals surface area contributed by atoms with Gasteiger partial charge in [0.2, 0.25) is 0 Å². The third-order valence-corrected chi connectivity index (χ3v) is 6.57. The van der Waals surface area contributed by atoms with Gasteiger partial charge in [0.25, 0.3) is 0 Å². The van der Waals surface area contributed by atoms with E-state index in [1.165, 1.54) is 154 Å². The summed E-state index contributed by atoms with van der Waals surface area (Å²) in [6.45, 7) is 8.15. The minimum atomic E-state index is 0.316. The molecule has 0 saturated carbocycles. The lowest BCUT2D eigenvalue weighted by atomic mass is 10.1. The standard InChI is InChI=1S/C28H59NO/c1-3-5-7-9-11-13-15-17-19-21-23-25-29(27-28-30)26-24-22-20-18-16-14-12-10-8-6-4-2/h30H,3-28H2,1-2H3. The van der Waals surface area contributed by atoms with Crippen LogP contribution in [-0.2, 0) is 0 Å². The maximum absolute atomic E-state index is 9.35. The first kappa shape index (κ1) is 29.9. The number of nitrogens with zero attached hydrogens (tertiary/aromatic N) is 1. The Labute approximate surface area is 191 Å². The van der Waals surface area contributed by atoms with E-state index in [2.05, 4.69) is 18.7 Å². The number of rotatable bonds is 26. The van der Waals surface area contributed by atoms with Crippen LogP contribution in [-0.4, -0.2) is 36.2 Å². The van der Waals surface area contributed by atoms with Crippen LogP contribution in [0.3, 0.4) is 0 Å². The zero-order chi connectivity index (χ0) is 22.0. The van der Waals surface area contributed by atoms with Crippen molar-refractivity contribution in [2.75, 3.05) is 26.2 Å². The molecule has 0 bridgehead atoms. The second-order valence-electron chi connectivity index (χ2n) is 9.64. The number of aliphatic hydroxyl groups is 1. The van der Waals surface area contributed by atoms with E-state index in [1.54, 1.807) is 0 Å². The van der Waals surface area contributed by atoms with Crippen molar-refractivity contribution in [2.45, 2.75) is 155 Å². The fourth-order valence-corrected chi connectivity index (χ4v) is 4.48. The summed E-state index contributed by atoms with van der Waals surface area (Å²) in [6.07, 6.45) is 31.0. The van der Waals surface area contributed by atoms with Crippen molar-refractivity contribution < 1.29 is 5.11 Å². The highest BCUT2D eigenvalue weighted by molar-refractivity contribution is 4.59. The molecule has 0 amide bonds. The van der Waals surface area contributed by atoms with Gasteiger partial charge in [0.1, 0.15) is 0 Å². The second-order valence-corrected chi connectivity index (χ2v) is 9.64. The van der Waals surface area contributed by atoms with Gasteiger partial charge >= 0.3 is 0 Å². The lowest BCUT2D eigenvalue weighted by Gasteiger charge is -2.21. The zero-order valence-electron chi connectivity index (χ0n) is 21.3. The smallest absolute Gasteiger partial charge is 0.0558 e. The molecule has 0 spiro atoms. The Morgan fingerprint density at radius 1 is 0.367 bits per heavy atom. The Morgan fingerprint density at radius 3 is 0.900 bits per heavy atom.